The highest BCUT2D eigenvalue weighted by Gasteiger charge is 2.25. The standard InChI is InChI=1S/C12H15NO2.C8H11NO2/c1-12(2,3)10(14)8-4-6-9(7-5-8)11(13)15;1-8(2,3)7(10)6-4-9-5-11-6/h4-7H,1-3H3,(H2,13,15);4-5H,1-3H3. The summed E-state index contributed by atoms with van der Waals surface area (Å²) in [7, 11) is 0. The molecule has 0 unspecified atom stereocenters. The molecule has 0 saturated heterocycles. The van der Waals surface area contributed by atoms with Crippen molar-refractivity contribution >= 4 is 17.5 Å². The maximum absolute atomic E-state index is 11.8. The number of ketones is 2. The van der Waals surface area contributed by atoms with E-state index in [1.165, 1.54) is 12.6 Å². The number of oxazole rings is 1. The molecule has 0 saturated carbocycles. The Kier molecular flexibility index (Phi) is 6.61. The molecule has 1 amide bonds. The topological polar surface area (TPSA) is 103 Å². The van der Waals surface area contributed by atoms with E-state index in [0.29, 0.717) is 16.9 Å². The molecule has 0 radical (unpaired) electrons. The van der Waals surface area contributed by atoms with Gasteiger partial charge in [-0.25, -0.2) is 4.98 Å². The second-order valence-electron chi connectivity index (χ2n) is 7.97. The SMILES string of the molecule is CC(C)(C)C(=O)c1ccc(C(N)=O)cc1.CC(C)(C)C(=O)c1cnco1. The predicted octanol–water partition coefficient (Wildman–Crippen LogP) is 3.92. The molecule has 2 aromatic rings. The average molecular weight is 358 g/mol. The van der Waals surface area contributed by atoms with E-state index in [1.54, 1.807) is 24.3 Å². The first-order valence-electron chi connectivity index (χ1n) is 8.22. The molecule has 2 N–H and O–H groups in total. The lowest BCUT2D eigenvalue weighted by Crippen LogP contribution is -2.20. The van der Waals surface area contributed by atoms with Gasteiger partial charge in [-0.15, -0.1) is 0 Å². The van der Waals surface area contributed by atoms with Gasteiger partial charge in [-0.1, -0.05) is 53.7 Å². The molecule has 6 heteroatoms. The Bertz CT molecular complexity index is 762. The van der Waals surface area contributed by atoms with Gasteiger partial charge in [-0.2, -0.15) is 0 Å². The molecule has 1 heterocycles. The molecule has 0 aliphatic carbocycles. The smallest absolute Gasteiger partial charge is 0.248 e. The molecule has 0 fully saturated rings. The van der Waals surface area contributed by atoms with E-state index in [1.807, 2.05) is 41.5 Å². The molecule has 140 valence electrons. The lowest BCUT2D eigenvalue weighted by Gasteiger charge is -2.16. The highest BCUT2D eigenvalue weighted by Crippen LogP contribution is 2.21. The van der Waals surface area contributed by atoms with Crippen LogP contribution in [0.5, 0.6) is 0 Å². The lowest BCUT2D eigenvalue weighted by atomic mass is 9.86. The molecule has 0 atom stereocenters. The van der Waals surface area contributed by atoms with Gasteiger partial charge in [0.25, 0.3) is 0 Å². The third-order valence-corrected chi connectivity index (χ3v) is 3.45. The number of aromatic nitrogens is 1. The van der Waals surface area contributed by atoms with Gasteiger partial charge in [-0.3, -0.25) is 14.4 Å². The number of amides is 1. The van der Waals surface area contributed by atoms with E-state index in [9.17, 15) is 14.4 Å². The third kappa shape index (κ3) is 5.95. The first kappa shape index (κ1) is 21.3. The zero-order valence-electron chi connectivity index (χ0n) is 16.1. The van der Waals surface area contributed by atoms with E-state index in [4.69, 9.17) is 10.2 Å². The van der Waals surface area contributed by atoms with Crippen LogP contribution in [-0.4, -0.2) is 22.5 Å². The number of hydrogen-bond acceptors (Lipinski definition) is 5. The second-order valence-corrected chi connectivity index (χ2v) is 7.97. The predicted molar refractivity (Wildman–Crippen MR) is 99.0 cm³/mol. The third-order valence-electron chi connectivity index (χ3n) is 3.45. The summed E-state index contributed by atoms with van der Waals surface area (Å²) in [5.74, 6) is -0.115. The van der Waals surface area contributed by atoms with E-state index in [-0.39, 0.29) is 17.0 Å². The fourth-order valence-corrected chi connectivity index (χ4v) is 1.92. The lowest BCUT2D eigenvalue weighted by molar-refractivity contribution is 0.0827. The van der Waals surface area contributed by atoms with Gasteiger partial charge < -0.3 is 10.2 Å². The highest BCUT2D eigenvalue weighted by molar-refractivity contribution is 6.01. The number of nitrogens with zero attached hydrogens (tertiary/aromatic N) is 1. The number of carbonyl (C=O) groups is 3. The summed E-state index contributed by atoms with van der Waals surface area (Å²) < 4.78 is 4.86. The Labute approximate surface area is 153 Å². The Hall–Kier alpha value is -2.76. The van der Waals surface area contributed by atoms with Crippen LogP contribution in [0.1, 0.15) is 72.8 Å². The van der Waals surface area contributed by atoms with Gasteiger partial charge in [-0.05, 0) is 12.1 Å². The van der Waals surface area contributed by atoms with Gasteiger partial charge in [0.05, 0.1) is 6.20 Å². The second kappa shape index (κ2) is 8.08. The number of rotatable bonds is 3. The summed E-state index contributed by atoms with van der Waals surface area (Å²) in [6.45, 7) is 11.1. The highest BCUT2D eigenvalue weighted by atomic mass is 16.3. The van der Waals surface area contributed by atoms with Crippen LogP contribution in [-0.2, 0) is 0 Å². The maximum Gasteiger partial charge on any atom is 0.248 e. The van der Waals surface area contributed by atoms with Crippen LogP contribution in [0.15, 0.2) is 41.3 Å². The van der Waals surface area contributed by atoms with Gasteiger partial charge in [0.15, 0.2) is 17.9 Å². The number of hydrogen-bond donors (Lipinski definition) is 1. The zero-order chi connectivity index (χ0) is 20.1. The van der Waals surface area contributed by atoms with Gasteiger partial charge >= 0.3 is 0 Å². The van der Waals surface area contributed by atoms with E-state index >= 15 is 0 Å². The number of primary amides is 1. The molecule has 0 spiro atoms. The molecular formula is C20H26N2O4. The molecular weight excluding hydrogens is 332 g/mol. The minimum absolute atomic E-state index is 0.0185. The summed E-state index contributed by atoms with van der Waals surface area (Å²) in [5, 5.41) is 0. The zero-order valence-corrected chi connectivity index (χ0v) is 16.1. The van der Waals surface area contributed by atoms with Crippen molar-refractivity contribution in [2.45, 2.75) is 41.5 Å². The Morgan fingerprint density at radius 1 is 0.846 bits per heavy atom. The largest absolute Gasteiger partial charge is 0.440 e. The number of Topliss-reactive ketones (excluding diaryl/α,β-unsaturated/α-hetero) is 2. The van der Waals surface area contributed by atoms with Crippen LogP contribution in [0.2, 0.25) is 0 Å². The van der Waals surface area contributed by atoms with Gasteiger partial charge in [0, 0.05) is 22.0 Å². The average Bonchev–Trinajstić information content (AvgIpc) is 3.06. The number of nitrogens with two attached hydrogens (primary N) is 1. The molecule has 2 rings (SSSR count). The molecule has 1 aromatic carbocycles. The van der Waals surface area contributed by atoms with Crippen LogP contribution < -0.4 is 5.73 Å². The van der Waals surface area contributed by atoms with Crippen molar-refractivity contribution in [3.63, 3.8) is 0 Å². The monoisotopic (exact) mass is 358 g/mol. The minimum atomic E-state index is -0.482. The molecule has 6 nitrogen and oxygen atoms in total. The van der Waals surface area contributed by atoms with Crippen LogP contribution in [0.3, 0.4) is 0 Å². The Morgan fingerprint density at radius 3 is 1.65 bits per heavy atom. The van der Waals surface area contributed by atoms with Crippen molar-refractivity contribution in [1.29, 1.82) is 0 Å². The van der Waals surface area contributed by atoms with Gasteiger partial charge in [0.2, 0.25) is 11.7 Å². The molecule has 26 heavy (non-hydrogen) atoms. The number of benzene rings is 1. The number of carbonyl (C=O) groups excluding carboxylic acids is 3. The summed E-state index contributed by atoms with van der Waals surface area (Å²) >= 11 is 0. The molecule has 1 aromatic heterocycles. The summed E-state index contributed by atoms with van der Waals surface area (Å²) in [5.41, 5.74) is 5.33. The Balaban J connectivity index is 0.000000273. The van der Waals surface area contributed by atoms with E-state index in [0.717, 1.165) is 0 Å². The fraction of sp³-hybridized carbons (Fsp3) is 0.400. The van der Waals surface area contributed by atoms with Crippen LogP contribution in [0.25, 0.3) is 0 Å². The quantitative estimate of drug-likeness (QED) is 0.838. The fourth-order valence-electron chi connectivity index (χ4n) is 1.92. The molecule has 0 bridgehead atoms. The van der Waals surface area contributed by atoms with Crippen LogP contribution >= 0.6 is 0 Å². The summed E-state index contributed by atoms with van der Waals surface area (Å²) in [4.78, 5) is 37.7. The normalized spacial score (nSPS) is 11.3. The van der Waals surface area contributed by atoms with E-state index < -0.39 is 11.3 Å². The van der Waals surface area contributed by atoms with Crippen molar-refractivity contribution < 1.29 is 18.8 Å². The van der Waals surface area contributed by atoms with Crippen molar-refractivity contribution in [2.24, 2.45) is 16.6 Å². The van der Waals surface area contributed by atoms with Crippen molar-refractivity contribution in [3.05, 3.63) is 53.7 Å². The maximum atomic E-state index is 11.8. The van der Waals surface area contributed by atoms with Crippen molar-refractivity contribution in [2.75, 3.05) is 0 Å². The van der Waals surface area contributed by atoms with Crippen molar-refractivity contribution in [1.82, 2.24) is 4.98 Å². The van der Waals surface area contributed by atoms with Crippen LogP contribution in [0, 0.1) is 10.8 Å². The summed E-state index contributed by atoms with van der Waals surface area (Å²) in [6.07, 6.45) is 2.70. The Morgan fingerprint density at radius 2 is 1.31 bits per heavy atom. The summed E-state index contributed by atoms with van der Waals surface area (Å²) in [6, 6.07) is 6.41. The first-order valence-corrected chi connectivity index (χ1v) is 8.22. The molecule has 0 aliphatic heterocycles. The van der Waals surface area contributed by atoms with Crippen molar-refractivity contribution in [3.8, 4) is 0 Å². The minimum Gasteiger partial charge on any atom is -0.440 e. The van der Waals surface area contributed by atoms with Gasteiger partial charge in [0.1, 0.15) is 0 Å². The molecule has 0 aliphatic rings. The van der Waals surface area contributed by atoms with Crippen LogP contribution in [0.4, 0.5) is 0 Å². The van der Waals surface area contributed by atoms with E-state index in [2.05, 4.69) is 4.98 Å². The first-order chi connectivity index (χ1) is 11.8.